The van der Waals surface area contributed by atoms with E-state index in [2.05, 4.69) is 15.5 Å². The number of aryl methyl sites for hydroxylation is 2. The molecule has 1 N–H and O–H groups in total. The van der Waals surface area contributed by atoms with Gasteiger partial charge in [0.25, 0.3) is 0 Å². The summed E-state index contributed by atoms with van der Waals surface area (Å²) in [6, 6.07) is 13.4. The number of hydrogen-bond donors (Lipinski definition) is 1. The zero-order valence-electron chi connectivity index (χ0n) is 18.0. The molecule has 0 aliphatic heterocycles. The minimum absolute atomic E-state index is 0.133. The van der Waals surface area contributed by atoms with Gasteiger partial charge in [0.2, 0.25) is 11.6 Å². The monoisotopic (exact) mass is 449 g/mol. The lowest BCUT2D eigenvalue weighted by atomic mass is 10.1. The summed E-state index contributed by atoms with van der Waals surface area (Å²) < 4.78 is 8.29. The lowest BCUT2D eigenvalue weighted by molar-refractivity contribution is -0.118. The van der Waals surface area contributed by atoms with E-state index in [9.17, 15) is 9.59 Å². The molecule has 0 aliphatic rings. The molecule has 0 atom stereocenters. The Morgan fingerprint density at radius 3 is 2.56 bits per heavy atom. The van der Waals surface area contributed by atoms with Gasteiger partial charge in [-0.1, -0.05) is 30.0 Å². The number of thioether (sulfide) groups is 1. The summed E-state index contributed by atoms with van der Waals surface area (Å²) >= 11 is 1.23. The molecule has 2 heterocycles. The van der Waals surface area contributed by atoms with Crippen LogP contribution in [0.4, 0.5) is 0 Å². The van der Waals surface area contributed by atoms with Crippen LogP contribution in [0, 0.1) is 13.8 Å². The van der Waals surface area contributed by atoms with Crippen LogP contribution < -0.4 is 15.6 Å². The van der Waals surface area contributed by atoms with Crippen molar-refractivity contribution in [2.45, 2.75) is 25.5 Å². The molecule has 0 saturated heterocycles. The molecule has 0 saturated carbocycles. The molecule has 0 bridgehead atoms. The van der Waals surface area contributed by atoms with E-state index in [1.54, 1.807) is 28.5 Å². The average molecular weight is 450 g/mol. The smallest absolute Gasteiger partial charge is 0.300 e. The third-order valence-corrected chi connectivity index (χ3v) is 6.13. The van der Waals surface area contributed by atoms with Gasteiger partial charge in [-0.2, -0.15) is 0 Å². The number of carbonyl (C=O) groups is 1. The molecule has 0 spiro atoms. The molecule has 8 nitrogen and oxygen atoms in total. The van der Waals surface area contributed by atoms with E-state index in [-0.39, 0.29) is 22.9 Å². The zero-order valence-corrected chi connectivity index (χ0v) is 18.8. The number of aromatic nitrogens is 4. The number of rotatable bonds is 7. The van der Waals surface area contributed by atoms with E-state index in [0.717, 1.165) is 28.1 Å². The van der Waals surface area contributed by atoms with Crippen molar-refractivity contribution in [3.8, 4) is 11.4 Å². The predicted octanol–water partition coefficient (Wildman–Crippen LogP) is 2.91. The number of amides is 1. The molecule has 4 rings (SSSR count). The van der Waals surface area contributed by atoms with Crippen molar-refractivity contribution in [3.05, 3.63) is 81.9 Å². The Morgan fingerprint density at radius 1 is 1.06 bits per heavy atom. The molecule has 0 fully saturated rings. The van der Waals surface area contributed by atoms with Gasteiger partial charge in [0.15, 0.2) is 5.16 Å². The minimum atomic E-state index is -0.265. The molecule has 0 radical (unpaired) electrons. The molecular formula is C23H23N5O3S. The number of nitrogens with zero attached hydrogens (tertiary/aromatic N) is 4. The summed E-state index contributed by atoms with van der Waals surface area (Å²) in [5.74, 6) is 0.800. The highest BCUT2D eigenvalue weighted by atomic mass is 32.2. The highest BCUT2D eigenvalue weighted by molar-refractivity contribution is 7.99. The molecule has 2 aromatic heterocycles. The topological polar surface area (TPSA) is 90.5 Å². The number of benzene rings is 2. The first-order chi connectivity index (χ1) is 15.5. The Kier molecular flexibility index (Phi) is 6.27. The van der Waals surface area contributed by atoms with Gasteiger partial charge >= 0.3 is 5.56 Å². The quantitative estimate of drug-likeness (QED) is 0.436. The van der Waals surface area contributed by atoms with Crippen LogP contribution >= 0.6 is 11.8 Å². The van der Waals surface area contributed by atoms with Crippen molar-refractivity contribution >= 4 is 23.3 Å². The predicted molar refractivity (Wildman–Crippen MR) is 124 cm³/mol. The maximum absolute atomic E-state index is 12.9. The second kappa shape index (κ2) is 9.27. The Balaban J connectivity index is 1.43. The van der Waals surface area contributed by atoms with Crippen LogP contribution in [0.1, 0.15) is 16.7 Å². The van der Waals surface area contributed by atoms with Gasteiger partial charge in [0.1, 0.15) is 5.75 Å². The number of fused-ring (bicyclic) bond motifs is 1. The minimum Gasteiger partial charge on any atom is -0.497 e. The standard InChI is InChI=1S/C23H23N5O3S/c1-15-4-7-18(12-16(15)2)27-10-11-28-21(22(27)30)25-26-23(28)32-14-20(29)24-13-17-5-8-19(31-3)9-6-17/h4-12H,13-14H2,1-3H3,(H,24,29). The van der Waals surface area contributed by atoms with Gasteiger partial charge in [0.05, 0.1) is 12.9 Å². The van der Waals surface area contributed by atoms with Crippen molar-refractivity contribution in [1.82, 2.24) is 24.5 Å². The molecule has 164 valence electrons. The normalized spacial score (nSPS) is 11.0. The highest BCUT2D eigenvalue weighted by Gasteiger charge is 2.14. The first kappa shape index (κ1) is 21.6. The van der Waals surface area contributed by atoms with Crippen LogP contribution in [0.25, 0.3) is 11.3 Å². The Hall–Kier alpha value is -3.59. The van der Waals surface area contributed by atoms with Crippen molar-refractivity contribution < 1.29 is 9.53 Å². The van der Waals surface area contributed by atoms with E-state index < -0.39 is 0 Å². The number of carbonyl (C=O) groups excluding carboxylic acids is 1. The molecule has 9 heteroatoms. The summed E-state index contributed by atoms with van der Waals surface area (Å²) in [6.45, 7) is 4.46. The summed E-state index contributed by atoms with van der Waals surface area (Å²) in [6.07, 6.45) is 3.43. The zero-order chi connectivity index (χ0) is 22.7. The van der Waals surface area contributed by atoms with Crippen LogP contribution in [0.3, 0.4) is 0 Å². The fraction of sp³-hybridized carbons (Fsp3) is 0.217. The number of methoxy groups -OCH3 is 1. The third-order valence-electron chi connectivity index (χ3n) is 5.19. The third kappa shape index (κ3) is 4.52. The van der Waals surface area contributed by atoms with Gasteiger partial charge in [0, 0.05) is 24.6 Å². The van der Waals surface area contributed by atoms with E-state index in [1.807, 2.05) is 56.3 Å². The Morgan fingerprint density at radius 2 is 1.84 bits per heavy atom. The van der Waals surface area contributed by atoms with Gasteiger partial charge in [-0.15, -0.1) is 10.2 Å². The van der Waals surface area contributed by atoms with Crippen LogP contribution in [0.15, 0.2) is 64.8 Å². The SMILES string of the molecule is COc1ccc(CNC(=O)CSc2nnc3c(=O)n(-c4ccc(C)c(C)c4)ccn23)cc1. The molecular weight excluding hydrogens is 426 g/mol. The summed E-state index contributed by atoms with van der Waals surface area (Å²) in [4.78, 5) is 25.2. The van der Waals surface area contributed by atoms with Crippen LogP contribution in [0.5, 0.6) is 5.75 Å². The van der Waals surface area contributed by atoms with Gasteiger partial charge in [-0.25, -0.2) is 0 Å². The van der Waals surface area contributed by atoms with Crippen molar-refractivity contribution in [2.24, 2.45) is 0 Å². The summed E-state index contributed by atoms with van der Waals surface area (Å²) in [5.41, 5.74) is 3.97. The molecule has 0 aliphatic carbocycles. The molecule has 4 aromatic rings. The average Bonchev–Trinajstić information content (AvgIpc) is 3.23. The van der Waals surface area contributed by atoms with Crippen LogP contribution in [-0.2, 0) is 11.3 Å². The lowest BCUT2D eigenvalue weighted by Crippen LogP contribution is -2.24. The Labute approximate surface area is 189 Å². The second-order valence-corrected chi connectivity index (χ2v) is 8.27. The van der Waals surface area contributed by atoms with Crippen molar-refractivity contribution in [3.63, 3.8) is 0 Å². The largest absolute Gasteiger partial charge is 0.497 e. The lowest BCUT2D eigenvalue weighted by Gasteiger charge is -2.09. The van der Waals surface area contributed by atoms with Gasteiger partial charge in [-0.05, 0) is 54.8 Å². The van der Waals surface area contributed by atoms with E-state index in [4.69, 9.17) is 4.74 Å². The number of nitrogens with one attached hydrogen (secondary N) is 1. The maximum Gasteiger partial charge on any atom is 0.300 e. The fourth-order valence-electron chi connectivity index (χ4n) is 3.17. The van der Waals surface area contributed by atoms with E-state index in [1.165, 1.54) is 11.8 Å². The highest BCUT2D eigenvalue weighted by Crippen LogP contribution is 2.17. The molecule has 32 heavy (non-hydrogen) atoms. The summed E-state index contributed by atoms with van der Waals surface area (Å²) in [5, 5.41) is 11.5. The van der Waals surface area contributed by atoms with Gasteiger partial charge < -0.3 is 10.1 Å². The Bertz CT molecular complexity index is 1330. The van der Waals surface area contributed by atoms with Crippen molar-refractivity contribution in [2.75, 3.05) is 12.9 Å². The summed E-state index contributed by atoms with van der Waals surface area (Å²) in [7, 11) is 1.61. The van der Waals surface area contributed by atoms with E-state index >= 15 is 0 Å². The molecule has 2 aromatic carbocycles. The molecule has 0 unspecified atom stereocenters. The van der Waals surface area contributed by atoms with E-state index in [0.29, 0.717) is 11.7 Å². The van der Waals surface area contributed by atoms with Crippen molar-refractivity contribution in [1.29, 1.82) is 0 Å². The first-order valence-corrected chi connectivity index (χ1v) is 11.0. The van der Waals surface area contributed by atoms with Crippen LogP contribution in [-0.4, -0.2) is 37.9 Å². The molecule has 1 amide bonds. The van der Waals surface area contributed by atoms with Gasteiger partial charge in [-0.3, -0.25) is 18.6 Å². The maximum atomic E-state index is 12.9. The second-order valence-electron chi connectivity index (χ2n) is 7.33. The number of hydrogen-bond acceptors (Lipinski definition) is 6. The number of ether oxygens (including phenoxy) is 1. The first-order valence-electron chi connectivity index (χ1n) is 10.0. The fourth-order valence-corrected chi connectivity index (χ4v) is 3.92. The van der Waals surface area contributed by atoms with Crippen LogP contribution in [0.2, 0.25) is 0 Å².